The molecule has 9 heavy (non-hydrogen) atoms. The van der Waals surface area contributed by atoms with E-state index in [0.29, 0.717) is 6.61 Å². The monoisotopic (exact) mass is 131 g/mol. The molecule has 0 radical (unpaired) electrons. The van der Waals surface area contributed by atoms with Gasteiger partial charge in [-0.05, 0) is 6.54 Å². The Hall–Kier alpha value is -0.410. The molecule has 0 aromatic heterocycles. The minimum atomic E-state index is -0.139. The van der Waals surface area contributed by atoms with Crippen LogP contribution in [0.1, 0.15) is 6.92 Å². The van der Waals surface area contributed by atoms with Crippen LogP contribution < -0.4 is 5.32 Å². The van der Waals surface area contributed by atoms with Crippen LogP contribution in [0.2, 0.25) is 0 Å². The summed E-state index contributed by atoms with van der Waals surface area (Å²) in [5, 5.41) is 2.94. The number of aldehydes is 1. The molecule has 0 saturated heterocycles. The van der Waals surface area contributed by atoms with Gasteiger partial charge in [-0.2, -0.15) is 0 Å². The van der Waals surface area contributed by atoms with Gasteiger partial charge >= 0.3 is 0 Å². The number of methoxy groups -OCH3 is 1. The molecule has 0 heterocycles. The van der Waals surface area contributed by atoms with Crippen molar-refractivity contribution in [3.05, 3.63) is 0 Å². The van der Waals surface area contributed by atoms with Gasteiger partial charge in [0.15, 0.2) is 0 Å². The highest BCUT2D eigenvalue weighted by molar-refractivity contribution is 5.57. The molecule has 0 fully saturated rings. The van der Waals surface area contributed by atoms with Crippen molar-refractivity contribution in [2.24, 2.45) is 0 Å². The van der Waals surface area contributed by atoms with E-state index >= 15 is 0 Å². The number of carbonyl (C=O) groups is 1. The highest BCUT2D eigenvalue weighted by Crippen LogP contribution is 1.77. The number of hydrogen-bond acceptors (Lipinski definition) is 3. The molecule has 0 aromatic carbocycles. The maximum atomic E-state index is 10.1. The summed E-state index contributed by atoms with van der Waals surface area (Å²) in [6.45, 7) is 3.20. The number of hydrogen-bond donors (Lipinski definition) is 1. The number of carbonyl (C=O) groups excluding carboxylic acids is 1. The number of rotatable bonds is 5. The SMILES string of the molecule is CCNC(C=O)COC. The van der Waals surface area contributed by atoms with E-state index in [1.165, 1.54) is 0 Å². The van der Waals surface area contributed by atoms with E-state index in [2.05, 4.69) is 5.32 Å². The molecule has 3 heteroatoms. The first-order valence-corrected chi connectivity index (χ1v) is 3.02. The molecular formula is C6H13NO2. The molecule has 3 nitrogen and oxygen atoms in total. The van der Waals surface area contributed by atoms with Gasteiger partial charge in [-0.1, -0.05) is 6.92 Å². The second-order valence-electron chi connectivity index (χ2n) is 1.76. The molecule has 0 bridgehead atoms. The molecule has 0 spiro atoms. The lowest BCUT2D eigenvalue weighted by Gasteiger charge is -2.07. The average Bonchev–Trinajstić information content (AvgIpc) is 1.88. The summed E-state index contributed by atoms with van der Waals surface area (Å²) in [4.78, 5) is 10.1. The third-order valence-corrected chi connectivity index (χ3v) is 0.977. The Morgan fingerprint density at radius 1 is 1.78 bits per heavy atom. The highest BCUT2D eigenvalue weighted by atomic mass is 16.5. The fourth-order valence-corrected chi connectivity index (χ4v) is 0.588. The Kier molecular flexibility index (Phi) is 5.46. The summed E-state index contributed by atoms with van der Waals surface area (Å²) in [6.07, 6.45) is 0.854. The Balaban J connectivity index is 3.29. The van der Waals surface area contributed by atoms with Gasteiger partial charge in [0.2, 0.25) is 0 Å². The zero-order valence-corrected chi connectivity index (χ0v) is 5.89. The molecule has 1 unspecified atom stereocenters. The zero-order valence-electron chi connectivity index (χ0n) is 5.89. The number of ether oxygens (including phenoxy) is 1. The summed E-state index contributed by atoms with van der Waals surface area (Å²) in [6, 6.07) is -0.139. The van der Waals surface area contributed by atoms with Gasteiger partial charge < -0.3 is 14.8 Å². The summed E-state index contributed by atoms with van der Waals surface area (Å²) in [5.74, 6) is 0. The smallest absolute Gasteiger partial charge is 0.139 e. The minimum Gasteiger partial charge on any atom is -0.383 e. The van der Waals surface area contributed by atoms with Crippen LogP contribution in [0, 0.1) is 0 Å². The molecule has 0 aliphatic carbocycles. The maximum Gasteiger partial charge on any atom is 0.139 e. The first-order chi connectivity index (χ1) is 4.35. The molecule has 0 rings (SSSR count). The standard InChI is InChI=1S/C6H13NO2/c1-3-7-6(4-8)5-9-2/h4,6-7H,3,5H2,1-2H3. The molecule has 0 amide bonds. The Bertz CT molecular complexity index is 69.5. The van der Waals surface area contributed by atoms with Gasteiger partial charge in [0.25, 0.3) is 0 Å². The third-order valence-electron chi connectivity index (χ3n) is 0.977. The molecule has 1 N–H and O–H groups in total. The predicted octanol–water partition coefficient (Wildman–Crippen LogP) is -0.190. The summed E-state index contributed by atoms with van der Waals surface area (Å²) < 4.78 is 4.75. The number of nitrogens with one attached hydrogen (secondary N) is 1. The van der Waals surface area contributed by atoms with E-state index < -0.39 is 0 Å². The van der Waals surface area contributed by atoms with E-state index in [1.54, 1.807) is 7.11 Å². The lowest BCUT2D eigenvalue weighted by atomic mass is 10.3. The first kappa shape index (κ1) is 8.59. The van der Waals surface area contributed by atoms with Crippen molar-refractivity contribution in [1.82, 2.24) is 5.32 Å². The molecule has 0 aromatic rings. The van der Waals surface area contributed by atoms with Crippen LogP contribution in [0.3, 0.4) is 0 Å². The van der Waals surface area contributed by atoms with Gasteiger partial charge in [-0.25, -0.2) is 0 Å². The van der Waals surface area contributed by atoms with Crippen LogP contribution in [-0.2, 0) is 9.53 Å². The Labute approximate surface area is 55.4 Å². The van der Waals surface area contributed by atoms with Gasteiger partial charge in [-0.15, -0.1) is 0 Å². The molecule has 1 atom stereocenters. The zero-order chi connectivity index (χ0) is 7.11. The fraction of sp³-hybridized carbons (Fsp3) is 0.833. The normalized spacial score (nSPS) is 13.1. The summed E-state index contributed by atoms with van der Waals surface area (Å²) >= 11 is 0. The van der Waals surface area contributed by atoms with Crippen LogP contribution in [0.4, 0.5) is 0 Å². The third kappa shape index (κ3) is 4.12. The van der Waals surface area contributed by atoms with E-state index in [1.807, 2.05) is 6.92 Å². The second-order valence-corrected chi connectivity index (χ2v) is 1.76. The maximum absolute atomic E-state index is 10.1. The van der Waals surface area contributed by atoms with Gasteiger partial charge in [-0.3, -0.25) is 0 Å². The molecule has 0 aliphatic rings. The van der Waals surface area contributed by atoms with Crippen molar-refractivity contribution in [3.63, 3.8) is 0 Å². The largest absolute Gasteiger partial charge is 0.383 e. The van der Waals surface area contributed by atoms with Gasteiger partial charge in [0.1, 0.15) is 6.29 Å². The van der Waals surface area contributed by atoms with Crippen molar-refractivity contribution in [3.8, 4) is 0 Å². The topological polar surface area (TPSA) is 38.3 Å². The number of likely N-dealkylation sites (N-methyl/N-ethyl adjacent to an activating group) is 1. The van der Waals surface area contributed by atoms with E-state index in [0.717, 1.165) is 12.8 Å². The van der Waals surface area contributed by atoms with Crippen molar-refractivity contribution in [2.45, 2.75) is 13.0 Å². The predicted molar refractivity (Wildman–Crippen MR) is 35.4 cm³/mol. The lowest BCUT2D eigenvalue weighted by Crippen LogP contribution is -2.34. The average molecular weight is 131 g/mol. The molecule has 0 aliphatic heterocycles. The van der Waals surface area contributed by atoms with Crippen molar-refractivity contribution in [1.29, 1.82) is 0 Å². The molecular weight excluding hydrogens is 118 g/mol. The van der Waals surface area contributed by atoms with Crippen molar-refractivity contribution >= 4 is 6.29 Å². The van der Waals surface area contributed by atoms with Gasteiger partial charge in [0, 0.05) is 7.11 Å². The quantitative estimate of drug-likeness (QED) is 0.525. The summed E-state index contributed by atoms with van der Waals surface area (Å²) in [7, 11) is 1.58. The van der Waals surface area contributed by atoms with Crippen LogP contribution in [0.25, 0.3) is 0 Å². The van der Waals surface area contributed by atoms with Crippen LogP contribution in [0.15, 0.2) is 0 Å². The van der Waals surface area contributed by atoms with E-state index in [-0.39, 0.29) is 6.04 Å². The second kappa shape index (κ2) is 5.72. The Morgan fingerprint density at radius 3 is 2.78 bits per heavy atom. The minimum absolute atomic E-state index is 0.139. The first-order valence-electron chi connectivity index (χ1n) is 3.02. The van der Waals surface area contributed by atoms with Crippen LogP contribution in [-0.4, -0.2) is 32.6 Å². The van der Waals surface area contributed by atoms with Crippen LogP contribution >= 0.6 is 0 Å². The van der Waals surface area contributed by atoms with Crippen molar-refractivity contribution in [2.75, 3.05) is 20.3 Å². The fourth-order valence-electron chi connectivity index (χ4n) is 0.588. The van der Waals surface area contributed by atoms with E-state index in [4.69, 9.17) is 4.74 Å². The highest BCUT2D eigenvalue weighted by Gasteiger charge is 2.01. The van der Waals surface area contributed by atoms with Crippen LogP contribution in [0.5, 0.6) is 0 Å². The van der Waals surface area contributed by atoms with Gasteiger partial charge in [0.05, 0.1) is 12.6 Å². The summed E-state index contributed by atoms with van der Waals surface area (Å²) in [5.41, 5.74) is 0. The van der Waals surface area contributed by atoms with Crippen molar-refractivity contribution < 1.29 is 9.53 Å². The van der Waals surface area contributed by atoms with E-state index in [9.17, 15) is 4.79 Å². The molecule has 54 valence electrons. The Morgan fingerprint density at radius 2 is 2.44 bits per heavy atom. The molecule has 0 saturated carbocycles. The lowest BCUT2D eigenvalue weighted by molar-refractivity contribution is -0.110.